The van der Waals surface area contributed by atoms with Gasteiger partial charge in [0.25, 0.3) is 0 Å². The van der Waals surface area contributed by atoms with E-state index in [2.05, 4.69) is 30.3 Å². The van der Waals surface area contributed by atoms with Crippen LogP contribution in [0.15, 0.2) is 114 Å². The van der Waals surface area contributed by atoms with Crippen molar-refractivity contribution < 1.29 is 4.42 Å². The van der Waals surface area contributed by atoms with E-state index in [9.17, 15) is 0 Å². The summed E-state index contributed by atoms with van der Waals surface area (Å²) in [5.74, 6) is 1.79. The van der Waals surface area contributed by atoms with Crippen molar-refractivity contribution in [2.24, 2.45) is 0 Å². The molecular formula is C31H18ClN3O. The zero-order valence-electron chi connectivity index (χ0n) is 19.0. The molecule has 0 N–H and O–H groups in total. The first-order chi connectivity index (χ1) is 17.7. The van der Waals surface area contributed by atoms with Crippen LogP contribution >= 0.6 is 11.6 Å². The Bertz CT molecular complexity index is 1910. The Labute approximate surface area is 211 Å². The molecule has 0 aliphatic carbocycles. The first-order valence-electron chi connectivity index (χ1n) is 11.7. The normalized spacial score (nSPS) is 11.5. The van der Waals surface area contributed by atoms with E-state index in [1.54, 1.807) is 0 Å². The lowest BCUT2D eigenvalue weighted by Gasteiger charge is -2.10. The Hall–Kier alpha value is -4.54. The Kier molecular flexibility index (Phi) is 4.79. The summed E-state index contributed by atoms with van der Waals surface area (Å²) >= 11 is 6.55. The summed E-state index contributed by atoms with van der Waals surface area (Å²) in [6.07, 6.45) is 0. The Morgan fingerprint density at radius 2 is 1.25 bits per heavy atom. The summed E-state index contributed by atoms with van der Waals surface area (Å²) in [6, 6.07) is 36.2. The molecule has 0 radical (unpaired) electrons. The standard InChI is InChI=1S/C31H18ClN3O/c32-25-17-16-24(27-23-12-6-7-13-26(23)36-28(25)27)31-34-29(20-9-2-1-3-10-20)33-30(35-31)22-15-14-19-8-4-5-11-21(19)18-22/h1-18H. The van der Waals surface area contributed by atoms with Crippen molar-refractivity contribution in [3.05, 3.63) is 114 Å². The summed E-state index contributed by atoms with van der Waals surface area (Å²) in [6.45, 7) is 0. The van der Waals surface area contributed by atoms with E-state index in [1.807, 2.05) is 78.9 Å². The molecule has 7 rings (SSSR count). The molecule has 0 atom stereocenters. The Balaban J connectivity index is 1.52. The zero-order chi connectivity index (χ0) is 24.1. The molecular weight excluding hydrogens is 466 g/mol. The molecule has 0 aliphatic rings. The molecule has 36 heavy (non-hydrogen) atoms. The Morgan fingerprint density at radius 3 is 2.11 bits per heavy atom. The number of hydrogen-bond acceptors (Lipinski definition) is 4. The summed E-state index contributed by atoms with van der Waals surface area (Å²) in [5.41, 5.74) is 4.10. The fraction of sp³-hybridized carbons (Fsp3) is 0. The van der Waals surface area contributed by atoms with Crippen LogP contribution in [0.2, 0.25) is 5.02 Å². The van der Waals surface area contributed by atoms with Crippen LogP contribution in [-0.2, 0) is 0 Å². The third-order valence-electron chi connectivity index (χ3n) is 6.39. The largest absolute Gasteiger partial charge is 0.454 e. The molecule has 0 bridgehead atoms. The number of nitrogens with zero attached hydrogens (tertiary/aromatic N) is 3. The molecule has 2 aromatic heterocycles. The van der Waals surface area contributed by atoms with Gasteiger partial charge in [-0.05, 0) is 35.0 Å². The first kappa shape index (κ1) is 20.8. The van der Waals surface area contributed by atoms with Crippen LogP contribution in [-0.4, -0.2) is 15.0 Å². The van der Waals surface area contributed by atoms with E-state index >= 15 is 0 Å². The molecule has 0 aliphatic heterocycles. The van der Waals surface area contributed by atoms with Crippen molar-refractivity contribution >= 4 is 44.3 Å². The molecule has 0 fully saturated rings. The number of hydrogen-bond donors (Lipinski definition) is 0. The van der Waals surface area contributed by atoms with Gasteiger partial charge in [-0.2, -0.15) is 0 Å². The van der Waals surface area contributed by atoms with Gasteiger partial charge < -0.3 is 4.42 Å². The lowest BCUT2D eigenvalue weighted by Crippen LogP contribution is -2.00. The van der Waals surface area contributed by atoms with Crippen LogP contribution in [0.25, 0.3) is 66.9 Å². The van der Waals surface area contributed by atoms with Crippen LogP contribution < -0.4 is 0 Å². The van der Waals surface area contributed by atoms with Crippen molar-refractivity contribution in [1.29, 1.82) is 0 Å². The predicted octanol–water partition coefficient (Wildman–Crippen LogP) is 8.58. The molecule has 4 nitrogen and oxygen atoms in total. The van der Waals surface area contributed by atoms with Crippen LogP contribution in [0.5, 0.6) is 0 Å². The minimum absolute atomic E-state index is 0.553. The molecule has 0 amide bonds. The van der Waals surface area contributed by atoms with Gasteiger partial charge in [-0.3, -0.25) is 0 Å². The smallest absolute Gasteiger partial charge is 0.164 e. The third kappa shape index (κ3) is 3.43. The second-order valence-electron chi connectivity index (χ2n) is 8.63. The van der Waals surface area contributed by atoms with Crippen LogP contribution in [0, 0.1) is 0 Å². The van der Waals surface area contributed by atoms with E-state index in [0.29, 0.717) is 28.1 Å². The van der Waals surface area contributed by atoms with Crippen molar-refractivity contribution in [3.63, 3.8) is 0 Å². The highest BCUT2D eigenvalue weighted by Gasteiger charge is 2.19. The van der Waals surface area contributed by atoms with E-state index in [0.717, 1.165) is 38.4 Å². The van der Waals surface area contributed by atoms with Crippen LogP contribution in [0.4, 0.5) is 0 Å². The van der Waals surface area contributed by atoms with E-state index < -0.39 is 0 Å². The number of halogens is 1. The summed E-state index contributed by atoms with van der Waals surface area (Å²) in [4.78, 5) is 14.8. The first-order valence-corrected chi connectivity index (χ1v) is 12.0. The number of benzene rings is 5. The fourth-order valence-corrected chi connectivity index (χ4v) is 4.85. The van der Waals surface area contributed by atoms with Gasteiger partial charge in [-0.1, -0.05) is 96.5 Å². The van der Waals surface area contributed by atoms with Crippen molar-refractivity contribution in [2.45, 2.75) is 0 Å². The number of aromatic nitrogens is 3. The van der Waals surface area contributed by atoms with Gasteiger partial charge >= 0.3 is 0 Å². The van der Waals surface area contributed by atoms with E-state index in [1.165, 1.54) is 5.39 Å². The van der Waals surface area contributed by atoms with Crippen LogP contribution in [0.3, 0.4) is 0 Å². The maximum Gasteiger partial charge on any atom is 0.164 e. The highest BCUT2D eigenvalue weighted by atomic mass is 35.5. The maximum atomic E-state index is 6.55. The minimum atomic E-state index is 0.553. The molecule has 0 saturated heterocycles. The van der Waals surface area contributed by atoms with Crippen molar-refractivity contribution in [1.82, 2.24) is 15.0 Å². The van der Waals surface area contributed by atoms with Crippen LogP contribution in [0.1, 0.15) is 0 Å². The van der Waals surface area contributed by atoms with Gasteiger partial charge in [-0.25, -0.2) is 15.0 Å². The minimum Gasteiger partial charge on any atom is -0.454 e. The molecule has 5 aromatic carbocycles. The van der Waals surface area contributed by atoms with Gasteiger partial charge in [0, 0.05) is 27.5 Å². The van der Waals surface area contributed by atoms with Gasteiger partial charge in [0.15, 0.2) is 23.1 Å². The van der Waals surface area contributed by atoms with Gasteiger partial charge in [0.05, 0.1) is 5.02 Å². The fourth-order valence-electron chi connectivity index (χ4n) is 4.65. The SMILES string of the molecule is Clc1ccc(-c2nc(-c3ccccc3)nc(-c3ccc4ccccc4c3)n2)c2c1oc1ccccc12. The second-order valence-corrected chi connectivity index (χ2v) is 9.04. The van der Waals surface area contributed by atoms with E-state index in [-0.39, 0.29) is 0 Å². The average Bonchev–Trinajstić information content (AvgIpc) is 3.34. The van der Waals surface area contributed by atoms with Crippen molar-refractivity contribution in [3.8, 4) is 34.2 Å². The lowest BCUT2D eigenvalue weighted by atomic mass is 10.0. The topological polar surface area (TPSA) is 51.8 Å². The molecule has 0 spiro atoms. The number of fused-ring (bicyclic) bond motifs is 4. The predicted molar refractivity (Wildman–Crippen MR) is 146 cm³/mol. The number of rotatable bonds is 3. The number of para-hydroxylation sites is 1. The molecule has 170 valence electrons. The monoisotopic (exact) mass is 483 g/mol. The number of furan rings is 1. The van der Waals surface area contributed by atoms with Gasteiger partial charge in [0.2, 0.25) is 0 Å². The zero-order valence-corrected chi connectivity index (χ0v) is 19.8. The summed E-state index contributed by atoms with van der Waals surface area (Å²) in [5, 5.41) is 4.72. The second kappa shape index (κ2) is 8.29. The van der Waals surface area contributed by atoms with Gasteiger partial charge in [-0.15, -0.1) is 0 Å². The van der Waals surface area contributed by atoms with Gasteiger partial charge in [0.1, 0.15) is 5.58 Å². The molecule has 0 saturated carbocycles. The molecule has 5 heteroatoms. The van der Waals surface area contributed by atoms with Crippen molar-refractivity contribution in [2.75, 3.05) is 0 Å². The highest BCUT2D eigenvalue weighted by molar-refractivity contribution is 6.36. The molecule has 2 heterocycles. The van der Waals surface area contributed by atoms with E-state index in [4.69, 9.17) is 31.0 Å². The summed E-state index contributed by atoms with van der Waals surface area (Å²) in [7, 11) is 0. The maximum absolute atomic E-state index is 6.55. The molecule has 7 aromatic rings. The highest BCUT2D eigenvalue weighted by Crippen LogP contribution is 2.39. The molecule has 0 unspecified atom stereocenters. The lowest BCUT2D eigenvalue weighted by molar-refractivity contribution is 0.669. The Morgan fingerprint density at radius 1 is 0.556 bits per heavy atom. The summed E-state index contributed by atoms with van der Waals surface area (Å²) < 4.78 is 6.12. The quantitative estimate of drug-likeness (QED) is 0.252. The average molecular weight is 484 g/mol. The third-order valence-corrected chi connectivity index (χ3v) is 6.69.